The number of rotatable bonds is 3. The second kappa shape index (κ2) is 5.05. The maximum absolute atomic E-state index is 13.6. The molecule has 92 valence electrons. The van der Waals surface area contributed by atoms with Crippen molar-refractivity contribution in [1.29, 1.82) is 0 Å². The highest BCUT2D eigenvalue weighted by molar-refractivity contribution is 7.80. The lowest BCUT2D eigenvalue weighted by atomic mass is 10.2. The molecule has 1 heterocycles. The molecule has 0 spiro atoms. The van der Waals surface area contributed by atoms with E-state index in [9.17, 15) is 4.39 Å². The molecule has 6 heteroatoms. The first kappa shape index (κ1) is 12.4. The van der Waals surface area contributed by atoms with Gasteiger partial charge in [0.15, 0.2) is 0 Å². The van der Waals surface area contributed by atoms with E-state index in [4.69, 9.17) is 18.0 Å². The number of anilines is 2. The molecule has 0 amide bonds. The maximum Gasteiger partial charge on any atom is 0.227 e. The molecule has 0 bridgehead atoms. The molecule has 4 nitrogen and oxygen atoms in total. The fraction of sp³-hybridized carbons (Fsp3) is 0.0833. The van der Waals surface area contributed by atoms with Crippen LogP contribution in [0.1, 0.15) is 11.3 Å². The number of aromatic nitrogens is 2. The van der Waals surface area contributed by atoms with Crippen molar-refractivity contribution in [2.45, 2.75) is 6.92 Å². The summed E-state index contributed by atoms with van der Waals surface area (Å²) in [5.41, 5.74) is 7.02. The van der Waals surface area contributed by atoms with Gasteiger partial charge in [0.2, 0.25) is 5.95 Å². The van der Waals surface area contributed by atoms with Crippen LogP contribution in [0.15, 0.2) is 30.5 Å². The molecule has 0 saturated carbocycles. The number of hydrogen-bond acceptors (Lipinski definition) is 4. The van der Waals surface area contributed by atoms with Crippen molar-refractivity contribution in [2.24, 2.45) is 5.73 Å². The molecular formula is C12H11FN4S. The van der Waals surface area contributed by atoms with Crippen molar-refractivity contribution < 1.29 is 4.39 Å². The topological polar surface area (TPSA) is 63.8 Å². The number of halogens is 1. The Bertz CT molecular complexity index is 580. The molecule has 3 N–H and O–H groups in total. The summed E-state index contributed by atoms with van der Waals surface area (Å²) in [5.74, 6) is -0.104. The Morgan fingerprint density at radius 3 is 2.83 bits per heavy atom. The third-order valence-electron chi connectivity index (χ3n) is 2.37. The predicted octanol–water partition coefficient (Wildman–Crippen LogP) is 2.30. The van der Waals surface area contributed by atoms with Gasteiger partial charge in [0, 0.05) is 6.20 Å². The van der Waals surface area contributed by atoms with E-state index in [2.05, 4.69) is 15.3 Å². The van der Waals surface area contributed by atoms with Gasteiger partial charge in [0.05, 0.1) is 5.69 Å². The summed E-state index contributed by atoms with van der Waals surface area (Å²) in [6.45, 7) is 1.79. The fourth-order valence-electron chi connectivity index (χ4n) is 1.46. The van der Waals surface area contributed by atoms with E-state index in [-0.39, 0.29) is 16.8 Å². The average Bonchev–Trinajstić information content (AvgIpc) is 2.34. The molecule has 0 unspecified atom stereocenters. The third-order valence-corrected chi connectivity index (χ3v) is 2.58. The van der Waals surface area contributed by atoms with Crippen molar-refractivity contribution in [3.05, 3.63) is 47.5 Å². The Kier molecular flexibility index (Phi) is 3.47. The molecule has 1 aromatic heterocycles. The first-order valence-corrected chi connectivity index (χ1v) is 5.64. The first-order chi connectivity index (χ1) is 8.58. The van der Waals surface area contributed by atoms with Gasteiger partial charge in [0.25, 0.3) is 0 Å². The van der Waals surface area contributed by atoms with Crippen LogP contribution in [-0.4, -0.2) is 15.0 Å². The zero-order valence-corrected chi connectivity index (χ0v) is 10.5. The quantitative estimate of drug-likeness (QED) is 0.831. The number of para-hydroxylation sites is 1. The van der Waals surface area contributed by atoms with Crippen LogP contribution < -0.4 is 11.1 Å². The number of thiocarbonyl (C=S) groups is 1. The Morgan fingerprint density at radius 2 is 2.17 bits per heavy atom. The highest BCUT2D eigenvalue weighted by Crippen LogP contribution is 2.21. The summed E-state index contributed by atoms with van der Waals surface area (Å²) in [7, 11) is 0. The van der Waals surface area contributed by atoms with E-state index < -0.39 is 0 Å². The van der Waals surface area contributed by atoms with Crippen LogP contribution in [0.3, 0.4) is 0 Å². The van der Waals surface area contributed by atoms with Crippen molar-refractivity contribution in [2.75, 3.05) is 5.32 Å². The monoisotopic (exact) mass is 262 g/mol. The van der Waals surface area contributed by atoms with Crippen LogP contribution in [0.2, 0.25) is 0 Å². The molecule has 0 aliphatic carbocycles. The van der Waals surface area contributed by atoms with E-state index in [1.165, 1.54) is 12.3 Å². The van der Waals surface area contributed by atoms with Crippen LogP contribution >= 0.6 is 12.2 Å². The fourth-order valence-corrected chi connectivity index (χ4v) is 1.57. The third kappa shape index (κ3) is 2.60. The lowest BCUT2D eigenvalue weighted by Gasteiger charge is -2.09. The molecule has 0 atom stereocenters. The Labute approximate surface area is 109 Å². The van der Waals surface area contributed by atoms with Gasteiger partial charge < -0.3 is 11.1 Å². The lowest BCUT2D eigenvalue weighted by Crippen LogP contribution is -2.13. The smallest absolute Gasteiger partial charge is 0.227 e. The average molecular weight is 262 g/mol. The van der Waals surface area contributed by atoms with Gasteiger partial charge in [-0.25, -0.2) is 14.4 Å². The van der Waals surface area contributed by atoms with Crippen LogP contribution in [0.25, 0.3) is 0 Å². The minimum Gasteiger partial charge on any atom is -0.388 e. The normalized spacial score (nSPS) is 10.1. The van der Waals surface area contributed by atoms with Gasteiger partial charge in [-0.1, -0.05) is 24.4 Å². The van der Waals surface area contributed by atoms with Crippen LogP contribution in [0.4, 0.5) is 16.0 Å². The molecule has 0 aliphatic heterocycles. The SMILES string of the molecule is Cc1cccc(F)c1Nc1nccc(C(N)=S)n1. The molecule has 2 aromatic rings. The molecule has 18 heavy (non-hydrogen) atoms. The number of nitrogens with two attached hydrogens (primary N) is 1. The number of aryl methyl sites for hydroxylation is 1. The zero-order chi connectivity index (χ0) is 13.1. The first-order valence-electron chi connectivity index (χ1n) is 5.23. The number of nitrogens with one attached hydrogen (secondary N) is 1. The summed E-state index contributed by atoms with van der Waals surface area (Å²) in [6.07, 6.45) is 1.51. The molecule has 0 aliphatic rings. The largest absolute Gasteiger partial charge is 0.388 e. The van der Waals surface area contributed by atoms with E-state index in [1.807, 2.05) is 0 Å². The van der Waals surface area contributed by atoms with Crippen molar-refractivity contribution in [3.63, 3.8) is 0 Å². The number of hydrogen-bond donors (Lipinski definition) is 2. The summed E-state index contributed by atoms with van der Waals surface area (Å²) < 4.78 is 13.6. The van der Waals surface area contributed by atoms with Crippen molar-refractivity contribution >= 4 is 28.8 Å². The standard InChI is InChI=1S/C12H11FN4S/c1-7-3-2-4-8(13)10(7)17-12-15-6-5-9(16-12)11(14)18/h2-6H,1H3,(H2,14,18)(H,15,16,17). The highest BCUT2D eigenvalue weighted by atomic mass is 32.1. The minimum absolute atomic E-state index is 0.172. The second-order valence-corrected chi connectivity index (χ2v) is 4.13. The Hall–Kier alpha value is -2.08. The summed E-state index contributed by atoms with van der Waals surface area (Å²) in [6, 6.07) is 6.40. The Morgan fingerprint density at radius 1 is 1.39 bits per heavy atom. The van der Waals surface area contributed by atoms with Gasteiger partial charge in [-0.15, -0.1) is 0 Å². The summed E-state index contributed by atoms with van der Waals surface area (Å²) in [4.78, 5) is 8.26. The van der Waals surface area contributed by atoms with Gasteiger partial charge in [-0.2, -0.15) is 0 Å². The molecule has 0 saturated heterocycles. The minimum atomic E-state index is -0.362. The van der Waals surface area contributed by atoms with E-state index >= 15 is 0 Å². The predicted molar refractivity (Wildman–Crippen MR) is 72.3 cm³/mol. The van der Waals surface area contributed by atoms with Gasteiger partial charge in [-0.05, 0) is 24.6 Å². The second-order valence-electron chi connectivity index (χ2n) is 3.69. The van der Waals surface area contributed by atoms with Crippen molar-refractivity contribution in [3.8, 4) is 0 Å². The van der Waals surface area contributed by atoms with Gasteiger partial charge in [-0.3, -0.25) is 0 Å². The molecule has 0 fully saturated rings. The number of benzene rings is 1. The zero-order valence-electron chi connectivity index (χ0n) is 9.64. The van der Waals surface area contributed by atoms with E-state index in [0.29, 0.717) is 11.4 Å². The Balaban J connectivity index is 2.34. The molecular weight excluding hydrogens is 251 g/mol. The van der Waals surface area contributed by atoms with Gasteiger partial charge >= 0.3 is 0 Å². The maximum atomic E-state index is 13.6. The molecule has 1 aromatic carbocycles. The lowest BCUT2D eigenvalue weighted by molar-refractivity contribution is 0.630. The van der Waals surface area contributed by atoms with Crippen molar-refractivity contribution in [1.82, 2.24) is 9.97 Å². The number of nitrogens with zero attached hydrogens (tertiary/aromatic N) is 2. The van der Waals surface area contributed by atoms with Crippen LogP contribution in [0, 0.1) is 12.7 Å². The summed E-state index contributed by atoms with van der Waals surface area (Å²) >= 11 is 4.82. The molecule has 2 rings (SSSR count). The van der Waals surface area contributed by atoms with E-state index in [0.717, 1.165) is 5.56 Å². The highest BCUT2D eigenvalue weighted by Gasteiger charge is 2.08. The van der Waals surface area contributed by atoms with Crippen LogP contribution in [0.5, 0.6) is 0 Å². The molecule has 0 radical (unpaired) electrons. The van der Waals surface area contributed by atoms with Gasteiger partial charge in [0.1, 0.15) is 16.5 Å². The van der Waals surface area contributed by atoms with Crippen LogP contribution in [-0.2, 0) is 0 Å². The summed E-state index contributed by atoms with van der Waals surface area (Å²) in [5, 5.41) is 2.82. The van der Waals surface area contributed by atoms with E-state index in [1.54, 1.807) is 25.1 Å².